The third-order valence-electron chi connectivity index (χ3n) is 2.53. The number of hydrogen-bond acceptors (Lipinski definition) is 3. The van der Waals surface area contributed by atoms with Gasteiger partial charge in [0.05, 0.1) is 5.75 Å². The molecule has 0 heterocycles. The molecule has 3 nitrogen and oxygen atoms in total. The van der Waals surface area contributed by atoms with Gasteiger partial charge in [0.2, 0.25) is 0 Å². The van der Waals surface area contributed by atoms with E-state index in [0.29, 0.717) is 12.0 Å². The molecule has 1 aromatic rings. The van der Waals surface area contributed by atoms with Crippen LogP contribution in [0.5, 0.6) is 0 Å². The van der Waals surface area contributed by atoms with E-state index in [9.17, 15) is 13.2 Å². The molecular weight excluding hydrogens is 384 g/mol. The van der Waals surface area contributed by atoms with E-state index in [1.807, 2.05) is 0 Å². The maximum absolute atomic E-state index is 11.9. The summed E-state index contributed by atoms with van der Waals surface area (Å²) in [5.41, 5.74) is 0.590. The van der Waals surface area contributed by atoms with Crippen molar-refractivity contribution in [2.45, 2.75) is 19.8 Å². The second-order valence-corrected chi connectivity index (χ2v) is 8.13. The van der Waals surface area contributed by atoms with Gasteiger partial charge in [0, 0.05) is 26.7 Å². The van der Waals surface area contributed by atoms with Crippen molar-refractivity contribution in [3.63, 3.8) is 0 Å². The second-order valence-electron chi connectivity index (χ2n) is 3.89. The molecule has 0 bridgehead atoms. The van der Waals surface area contributed by atoms with Crippen LogP contribution in [0.3, 0.4) is 0 Å². The summed E-state index contributed by atoms with van der Waals surface area (Å²) < 4.78 is 24.2. The molecule has 0 saturated carbocycles. The zero-order valence-electron chi connectivity index (χ0n) is 9.95. The topological polar surface area (TPSA) is 51.2 Å². The molecule has 0 aliphatic heterocycles. The molecule has 0 saturated heterocycles. The predicted molar refractivity (Wildman–Crippen MR) is 79.7 cm³/mol. The first kappa shape index (κ1) is 15.9. The van der Waals surface area contributed by atoms with Gasteiger partial charge in [0.1, 0.15) is 9.84 Å². The van der Waals surface area contributed by atoms with E-state index < -0.39 is 9.84 Å². The van der Waals surface area contributed by atoms with Crippen LogP contribution in [0.15, 0.2) is 27.1 Å². The summed E-state index contributed by atoms with van der Waals surface area (Å²) in [6, 6.07) is 5.32. The number of sulfone groups is 1. The van der Waals surface area contributed by atoms with Gasteiger partial charge in [-0.15, -0.1) is 0 Å². The van der Waals surface area contributed by atoms with Crippen molar-refractivity contribution in [1.82, 2.24) is 0 Å². The number of carbonyl (C=O) groups is 1. The quantitative estimate of drug-likeness (QED) is 0.689. The van der Waals surface area contributed by atoms with E-state index >= 15 is 0 Å². The zero-order valence-corrected chi connectivity index (χ0v) is 13.9. The Balaban J connectivity index is 2.61. The Labute approximate surface area is 124 Å². The molecule has 0 aromatic heterocycles. The van der Waals surface area contributed by atoms with E-state index in [4.69, 9.17) is 0 Å². The molecule has 6 heteroatoms. The molecule has 1 rings (SSSR count). The first-order valence-electron chi connectivity index (χ1n) is 5.54. The molecule has 100 valence electrons. The number of rotatable bonds is 6. The molecule has 0 unspecified atom stereocenters. The summed E-state index contributed by atoms with van der Waals surface area (Å²) in [6.07, 6.45) is 0.622. The third-order valence-corrected chi connectivity index (χ3v) is 5.47. The van der Waals surface area contributed by atoms with Crippen LogP contribution in [0.1, 0.15) is 30.1 Å². The van der Waals surface area contributed by atoms with Gasteiger partial charge >= 0.3 is 0 Å². The van der Waals surface area contributed by atoms with Crippen molar-refractivity contribution in [3.8, 4) is 0 Å². The lowest BCUT2D eigenvalue weighted by Crippen LogP contribution is -2.10. The Morgan fingerprint density at radius 1 is 1.28 bits per heavy atom. The van der Waals surface area contributed by atoms with E-state index in [1.165, 1.54) is 0 Å². The molecule has 0 amide bonds. The van der Waals surface area contributed by atoms with Gasteiger partial charge in [-0.1, -0.05) is 38.8 Å². The number of Topliss-reactive ketones (excluding diaryl/α,β-unsaturated/α-hetero) is 1. The third kappa shape index (κ3) is 4.82. The van der Waals surface area contributed by atoms with Crippen LogP contribution in [0, 0.1) is 0 Å². The normalized spacial score (nSPS) is 11.5. The minimum Gasteiger partial charge on any atom is -0.294 e. The van der Waals surface area contributed by atoms with Crippen molar-refractivity contribution in [3.05, 3.63) is 32.7 Å². The van der Waals surface area contributed by atoms with Crippen molar-refractivity contribution >= 4 is 47.5 Å². The smallest absolute Gasteiger partial charge is 0.164 e. The highest BCUT2D eigenvalue weighted by Gasteiger charge is 2.13. The van der Waals surface area contributed by atoms with Crippen molar-refractivity contribution < 1.29 is 13.2 Å². The summed E-state index contributed by atoms with van der Waals surface area (Å²) in [7, 11) is -2.99. The van der Waals surface area contributed by atoms with Crippen molar-refractivity contribution in [2.75, 3.05) is 11.5 Å². The molecule has 18 heavy (non-hydrogen) atoms. The highest BCUT2D eigenvalue weighted by molar-refractivity contribution is 9.11. The Morgan fingerprint density at radius 3 is 2.50 bits per heavy atom. The number of hydrogen-bond donors (Lipinski definition) is 0. The Kier molecular flexibility index (Phi) is 6.01. The second kappa shape index (κ2) is 6.82. The van der Waals surface area contributed by atoms with Crippen LogP contribution in [-0.2, 0) is 9.84 Å². The van der Waals surface area contributed by atoms with Gasteiger partial charge < -0.3 is 0 Å². The van der Waals surface area contributed by atoms with Crippen molar-refractivity contribution in [1.29, 1.82) is 0 Å². The van der Waals surface area contributed by atoms with Crippen LogP contribution < -0.4 is 0 Å². The molecule has 0 aliphatic carbocycles. The minimum absolute atomic E-state index is 0.0410. The fraction of sp³-hybridized carbons (Fsp3) is 0.417. The van der Waals surface area contributed by atoms with Crippen LogP contribution in [0.4, 0.5) is 0 Å². The molecule has 0 spiro atoms. The van der Waals surface area contributed by atoms with Gasteiger partial charge in [0.25, 0.3) is 0 Å². The average molecular weight is 398 g/mol. The lowest BCUT2D eigenvalue weighted by atomic mass is 10.1. The van der Waals surface area contributed by atoms with Crippen LogP contribution in [0.25, 0.3) is 0 Å². The van der Waals surface area contributed by atoms with Crippen molar-refractivity contribution in [2.24, 2.45) is 0 Å². The lowest BCUT2D eigenvalue weighted by molar-refractivity contribution is 0.0981. The fourth-order valence-electron chi connectivity index (χ4n) is 1.45. The highest BCUT2D eigenvalue weighted by atomic mass is 79.9. The van der Waals surface area contributed by atoms with Gasteiger partial charge in [-0.2, -0.15) is 0 Å². The first-order valence-corrected chi connectivity index (χ1v) is 8.95. The number of halogens is 2. The minimum atomic E-state index is -2.99. The summed E-state index contributed by atoms with van der Waals surface area (Å²) in [5, 5.41) is 0. The first-order chi connectivity index (χ1) is 8.35. The molecule has 0 radical (unpaired) electrons. The Morgan fingerprint density at radius 2 is 1.94 bits per heavy atom. The van der Waals surface area contributed by atoms with E-state index in [2.05, 4.69) is 31.9 Å². The average Bonchev–Trinajstić information content (AvgIpc) is 2.28. The number of ketones is 1. The highest BCUT2D eigenvalue weighted by Crippen LogP contribution is 2.23. The summed E-state index contributed by atoms with van der Waals surface area (Å²) in [5.74, 6) is 0.160. The zero-order chi connectivity index (χ0) is 13.8. The van der Waals surface area contributed by atoms with E-state index in [-0.39, 0.29) is 23.7 Å². The molecular formula is C12H14Br2O3S. The predicted octanol–water partition coefficient (Wildman–Crippen LogP) is 3.61. The van der Waals surface area contributed by atoms with Gasteiger partial charge in [-0.3, -0.25) is 4.79 Å². The Bertz CT molecular complexity index is 538. The van der Waals surface area contributed by atoms with Crippen LogP contribution >= 0.6 is 31.9 Å². The Hall–Kier alpha value is -0.200. The van der Waals surface area contributed by atoms with Gasteiger partial charge in [0.15, 0.2) is 5.78 Å². The molecule has 1 aromatic carbocycles. The van der Waals surface area contributed by atoms with Gasteiger partial charge in [-0.05, 0) is 24.6 Å². The SMILES string of the molecule is CCS(=O)(=O)CCCC(=O)c1ccc(Br)cc1Br. The molecule has 0 aliphatic rings. The molecule has 0 fully saturated rings. The standard InChI is InChI=1S/C12H14Br2O3S/c1-2-18(16,17)7-3-4-12(15)10-6-5-9(13)8-11(10)14/h5-6,8H,2-4,7H2,1H3. The lowest BCUT2D eigenvalue weighted by Gasteiger charge is -2.04. The molecule has 0 N–H and O–H groups in total. The monoisotopic (exact) mass is 396 g/mol. The fourth-order valence-corrected chi connectivity index (χ4v) is 3.59. The van der Waals surface area contributed by atoms with Crippen LogP contribution in [0.2, 0.25) is 0 Å². The molecule has 0 atom stereocenters. The van der Waals surface area contributed by atoms with Crippen LogP contribution in [-0.4, -0.2) is 25.7 Å². The number of carbonyl (C=O) groups excluding carboxylic acids is 1. The van der Waals surface area contributed by atoms with Gasteiger partial charge in [-0.25, -0.2) is 8.42 Å². The van der Waals surface area contributed by atoms with E-state index in [1.54, 1.807) is 25.1 Å². The summed E-state index contributed by atoms with van der Waals surface area (Å²) in [6.45, 7) is 1.61. The largest absolute Gasteiger partial charge is 0.294 e. The number of benzene rings is 1. The summed E-state index contributed by atoms with van der Waals surface area (Å²) in [4.78, 5) is 11.9. The maximum Gasteiger partial charge on any atom is 0.164 e. The maximum atomic E-state index is 11.9. The summed E-state index contributed by atoms with van der Waals surface area (Å²) >= 11 is 6.64. The van der Waals surface area contributed by atoms with E-state index in [0.717, 1.165) is 8.95 Å².